The molecule has 0 aromatic heterocycles. The van der Waals surface area contributed by atoms with E-state index in [0.29, 0.717) is 6.42 Å². The Morgan fingerprint density at radius 2 is 2.29 bits per heavy atom. The molecule has 1 rings (SSSR count). The Balaban J connectivity index is 2.69. The quantitative estimate of drug-likeness (QED) is 0.346. The zero-order chi connectivity index (χ0) is 5.49. The van der Waals surface area contributed by atoms with Crippen LogP contribution in [0.3, 0.4) is 0 Å². The summed E-state index contributed by atoms with van der Waals surface area (Å²) in [7, 11) is 0. The second-order valence-electron chi connectivity index (χ2n) is 2.14. The molecule has 1 saturated carbocycles. The number of Topliss-reactive ketones (excluding diaryl/α,β-unsaturated/α-hetero) is 1. The lowest BCUT2D eigenvalue weighted by atomic mass is 10.2. The molecule has 1 atom stereocenters. The normalized spacial score (nSPS) is 38.1. The molecule has 2 heteroatoms. The molecule has 0 N–H and O–H groups in total. The fourth-order valence-electron chi connectivity index (χ4n) is 0.397. The lowest BCUT2D eigenvalue weighted by Crippen LogP contribution is -1.96. The maximum Gasteiger partial charge on any atom is 0.147 e. The van der Waals surface area contributed by atoms with E-state index in [2.05, 4.69) is 0 Å². The number of carbonyl (C=O) groups excluding carboxylic acids is 2. The Hall–Kier alpha value is -0.660. The van der Waals surface area contributed by atoms with E-state index in [4.69, 9.17) is 0 Å². The second-order valence-corrected chi connectivity index (χ2v) is 2.14. The van der Waals surface area contributed by atoms with Crippen LogP contribution < -0.4 is 0 Å². The van der Waals surface area contributed by atoms with Crippen LogP contribution in [0.2, 0.25) is 0 Å². The third kappa shape index (κ3) is 0.463. The molecule has 0 spiro atoms. The number of carbonyl (C=O) groups is 2. The molecule has 38 valence electrons. The summed E-state index contributed by atoms with van der Waals surface area (Å²) in [6.45, 7) is 1.66. The monoisotopic (exact) mass is 98.0 g/mol. The van der Waals surface area contributed by atoms with Gasteiger partial charge in [-0.1, -0.05) is 0 Å². The maximum absolute atomic E-state index is 10.2. The maximum atomic E-state index is 10.2. The summed E-state index contributed by atoms with van der Waals surface area (Å²) in [6, 6.07) is 0. The predicted molar refractivity (Wildman–Crippen MR) is 23.8 cm³/mol. The van der Waals surface area contributed by atoms with Gasteiger partial charge in [0.25, 0.3) is 0 Å². The van der Waals surface area contributed by atoms with Gasteiger partial charge in [-0.15, -0.1) is 0 Å². The van der Waals surface area contributed by atoms with Gasteiger partial charge in [-0.2, -0.15) is 0 Å². The van der Waals surface area contributed by atoms with Crippen LogP contribution in [-0.4, -0.2) is 12.1 Å². The van der Waals surface area contributed by atoms with E-state index in [9.17, 15) is 9.59 Å². The molecule has 0 bridgehead atoms. The van der Waals surface area contributed by atoms with Crippen LogP contribution in [0.5, 0.6) is 0 Å². The van der Waals surface area contributed by atoms with Crippen LogP contribution in [0.15, 0.2) is 0 Å². The van der Waals surface area contributed by atoms with E-state index in [1.807, 2.05) is 0 Å². The smallest absolute Gasteiger partial charge is 0.147 e. The molecule has 0 amide bonds. The third-order valence-electron chi connectivity index (χ3n) is 1.30. The molecule has 1 fully saturated rings. The minimum atomic E-state index is -0.569. The summed E-state index contributed by atoms with van der Waals surface area (Å²) in [4.78, 5) is 20.1. The first-order valence-electron chi connectivity index (χ1n) is 2.19. The summed E-state index contributed by atoms with van der Waals surface area (Å²) < 4.78 is 0. The van der Waals surface area contributed by atoms with E-state index < -0.39 is 5.41 Å². The predicted octanol–water partition coefficient (Wildman–Crippen LogP) is 0.164. The molecule has 0 radical (unpaired) electrons. The van der Waals surface area contributed by atoms with Crippen molar-refractivity contribution < 1.29 is 9.59 Å². The molecule has 2 nitrogen and oxygen atoms in total. The lowest BCUT2D eigenvalue weighted by molar-refractivity contribution is -0.118. The Bertz CT molecular complexity index is 128. The largest absolute Gasteiger partial charge is 0.302 e. The molecule has 1 unspecified atom stereocenters. The average molecular weight is 98.1 g/mol. The number of aldehydes is 1. The van der Waals surface area contributed by atoms with Gasteiger partial charge < -0.3 is 4.79 Å². The van der Waals surface area contributed by atoms with Crippen molar-refractivity contribution >= 4 is 12.1 Å². The average Bonchev–Trinajstić information content (AvgIpc) is 2.18. The van der Waals surface area contributed by atoms with Gasteiger partial charge in [0.1, 0.15) is 12.1 Å². The highest BCUT2D eigenvalue weighted by molar-refractivity contribution is 6.12. The third-order valence-corrected chi connectivity index (χ3v) is 1.30. The van der Waals surface area contributed by atoms with Crippen LogP contribution in [-0.2, 0) is 9.59 Å². The molecule has 1 aliphatic carbocycles. The summed E-state index contributed by atoms with van der Waals surface area (Å²) >= 11 is 0. The summed E-state index contributed by atoms with van der Waals surface area (Å²) in [5.74, 6) is 0.0718. The zero-order valence-corrected chi connectivity index (χ0v) is 4.10. The number of hydrogen-bond acceptors (Lipinski definition) is 2. The Kier molecular flexibility index (Phi) is 0.604. The van der Waals surface area contributed by atoms with Crippen LogP contribution >= 0.6 is 0 Å². The highest BCUT2D eigenvalue weighted by atomic mass is 16.2. The van der Waals surface area contributed by atoms with Crippen molar-refractivity contribution in [1.29, 1.82) is 0 Å². The molecule has 0 heterocycles. The standard InChI is InChI=1S/C5H6O2/c1-5(3-6)2-4(5)7/h3H,2H2,1H3. The van der Waals surface area contributed by atoms with E-state index in [0.717, 1.165) is 6.29 Å². The van der Waals surface area contributed by atoms with Gasteiger partial charge in [0.15, 0.2) is 0 Å². The van der Waals surface area contributed by atoms with Crippen LogP contribution in [0, 0.1) is 5.41 Å². The summed E-state index contributed by atoms with van der Waals surface area (Å²) in [5.41, 5.74) is -0.569. The Morgan fingerprint density at radius 3 is 2.29 bits per heavy atom. The lowest BCUT2D eigenvalue weighted by Gasteiger charge is -1.82. The molecule has 0 aliphatic heterocycles. The molecule has 0 saturated heterocycles. The van der Waals surface area contributed by atoms with Gasteiger partial charge in [-0.05, 0) is 6.92 Å². The highest BCUT2D eigenvalue weighted by Crippen LogP contribution is 2.37. The van der Waals surface area contributed by atoms with E-state index in [-0.39, 0.29) is 5.78 Å². The van der Waals surface area contributed by atoms with E-state index in [1.165, 1.54) is 0 Å². The van der Waals surface area contributed by atoms with Gasteiger partial charge in [0, 0.05) is 6.42 Å². The van der Waals surface area contributed by atoms with Crippen molar-refractivity contribution in [2.75, 3.05) is 0 Å². The van der Waals surface area contributed by atoms with Gasteiger partial charge in [0.05, 0.1) is 5.41 Å². The second kappa shape index (κ2) is 0.941. The number of rotatable bonds is 1. The number of hydrogen-bond donors (Lipinski definition) is 0. The van der Waals surface area contributed by atoms with Gasteiger partial charge >= 0.3 is 0 Å². The molecular weight excluding hydrogens is 92.1 g/mol. The molecule has 0 aromatic rings. The molecular formula is C5H6O2. The Labute approximate surface area is 41.5 Å². The van der Waals surface area contributed by atoms with Crippen LogP contribution in [0.25, 0.3) is 0 Å². The SMILES string of the molecule is CC1(C=O)CC1=O. The fraction of sp³-hybridized carbons (Fsp3) is 0.600. The topological polar surface area (TPSA) is 34.1 Å². The first kappa shape index (κ1) is 4.50. The minimum absolute atomic E-state index is 0.0718. The van der Waals surface area contributed by atoms with Gasteiger partial charge in [-0.3, -0.25) is 4.79 Å². The highest BCUT2D eigenvalue weighted by Gasteiger charge is 2.49. The van der Waals surface area contributed by atoms with Crippen molar-refractivity contribution in [1.82, 2.24) is 0 Å². The van der Waals surface area contributed by atoms with Crippen molar-refractivity contribution in [3.8, 4) is 0 Å². The first-order valence-corrected chi connectivity index (χ1v) is 2.19. The van der Waals surface area contributed by atoms with E-state index >= 15 is 0 Å². The molecule has 7 heavy (non-hydrogen) atoms. The van der Waals surface area contributed by atoms with Crippen molar-refractivity contribution in [3.63, 3.8) is 0 Å². The van der Waals surface area contributed by atoms with Crippen molar-refractivity contribution in [3.05, 3.63) is 0 Å². The molecule has 1 aliphatic rings. The summed E-state index contributed by atoms with van der Waals surface area (Å²) in [6.07, 6.45) is 1.17. The first-order chi connectivity index (χ1) is 3.19. The van der Waals surface area contributed by atoms with Gasteiger partial charge in [0.2, 0.25) is 0 Å². The van der Waals surface area contributed by atoms with Crippen LogP contribution in [0.1, 0.15) is 13.3 Å². The van der Waals surface area contributed by atoms with Gasteiger partial charge in [-0.25, -0.2) is 0 Å². The van der Waals surface area contributed by atoms with Crippen molar-refractivity contribution in [2.24, 2.45) is 5.41 Å². The Morgan fingerprint density at radius 1 is 1.86 bits per heavy atom. The van der Waals surface area contributed by atoms with Crippen LogP contribution in [0.4, 0.5) is 0 Å². The summed E-state index contributed by atoms with van der Waals surface area (Å²) in [5, 5.41) is 0. The van der Waals surface area contributed by atoms with Crippen molar-refractivity contribution in [2.45, 2.75) is 13.3 Å². The zero-order valence-electron chi connectivity index (χ0n) is 4.10. The minimum Gasteiger partial charge on any atom is -0.302 e. The van der Waals surface area contributed by atoms with E-state index in [1.54, 1.807) is 6.92 Å². The fourth-order valence-corrected chi connectivity index (χ4v) is 0.397. The molecule has 0 aromatic carbocycles. The number of ketones is 1.